The smallest absolute Gasteiger partial charge is 0.494 e. The first-order valence-corrected chi connectivity index (χ1v) is 27.8. The van der Waals surface area contributed by atoms with E-state index in [4.69, 9.17) is 42.1 Å². The largest absolute Gasteiger partial charge is 0.678 e. The summed E-state index contributed by atoms with van der Waals surface area (Å²) in [4.78, 5) is 33.9. The summed E-state index contributed by atoms with van der Waals surface area (Å²) >= 11 is 14.6. The molecule has 0 atom stereocenters. The van der Waals surface area contributed by atoms with Crippen LogP contribution in [0.4, 0.5) is 8.63 Å². The fourth-order valence-corrected chi connectivity index (χ4v) is 12.8. The van der Waals surface area contributed by atoms with Crippen LogP contribution >= 0.6 is 23.2 Å². The first-order chi connectivity index (χ1) is 38.1. The third kappa shape index (κ3) is 8.72. The fourth-order valence-electron chi connectivity index (χ4n) is 12.2. The van der Waals surface area contributed by atoms with E-state index in [1.165, 1.54) is 10.1 Å². The molecule has 8 nitrogen and oxygen atoms in total. The summed E-state index contributed by atoms with van der Waals surface area (Å²) in [6.45, 7) is 3.06. The molecule has 10 aromatic rings. The Morgan fingerprint density at radius 1 is 0.641 bits per heavy atom. The summed E-state index contributed by atoms with van der Waals surface area (Å²) in [7, 11) is -2.89. The van der Waals surface area contributed by atoms with Gasteiger partial charge < -0.3 is 18.4 Å². The van der Waals surface area contributed by atoms with E-state index < -0.39 is 18.5 Å². The maximum Gasteiger partial charge on any atom is 0.678 e. The Hall–Kier alpha value is -7.73. The van der Waals surface area contributed by atoms with Gasteiger partial charge in [-0.25, -0.2) is 4.99 Å². The van der Waals surface area contributed by atoms with Crippen LogP contribution in [-0.2, 0) is 25.8 Å². The van der Waals surface area contributed by atoms with Crippen LogP contribution in [0.25, 0.3) is 71.4 Å². The van der Waals surface area contributed by atoms with E-state index in [-0.39, 0.29) is 28.9 Å². The van der Waals surface area contributed by atoms with Crippen molar-refractivity contribution in [1.82, 2.24) is 9.05 Å². The number of fused-ring (bicyclic) bond motifs is 8. The van der Waals surface area contributed by atoms with Gasteiger partial charge in [0.1, 0.15) is 22.7 Å². The molecule has 4 heterocycles. The lowest BCUT2D eigenvalue weighted by Crippen LogP contribution is -2.33. The number of allylic oxidation sites excluding steroid dienone is 2. The molecule has 0 unspecified atom stereocenters. The predicted molar refractivity (Wildman–Crippen MR) is 313 cm³/mol. The summed E-state index contributed by atoms with van der Waals surface area (Å²) in [6.07, 6.45) is 10.4. The predicted octanol–water partition coefficient (Wildman–Crippen LogP) is 16.1. The van der Waals surface area contributed by atoms with Crippen molar-refractivity contribution in [2.45, 2.75) is 77.7 Å². The van der Waals surface area contributed by atoms with Gasteiger partial charge in [-0.05, 0) is 157 Å². The lowest BCUT2D eigenvalue weighted by molar-refractivity contribution is 0.300. The fraction of sp³-hybridized carbons (Fsp3) is 0.215. The molecule has 0 radical (unpaired) electrons. The topological polar surface area (TPSA) is 88.0 Å². The molecule has 2 aliphatic carbocycles. The van der Waals surface area contributed by atoms with E-state index in [2.05, 4.69) is 37.3 Å². The molecule has 78 heavy (non-hydrogen) atoms. The van der Waals surface area contributed by atoms with Gasteiger partial charge in [-0.15, -0.1) is 0 Å². The highest BCUT2D eigenvalue weighted by Gasteiger charge is 2.35. The molecule has 0 amide bonds. The standard InChI is InChI=1S/C65H52BCl2F2N3O5/c1-2-3-8-31-76-44-23-20-38(21-24-44)41-22-28-56-51(33-41)48-25-26-49-58-50(27-29-57(78-56)59(48)58)65(75)72(64(49)74)30-11-32-77-45-36-52(67)60(53(68)37-45)61(54-34-42-16-9-14-39-12-4-6-18-46(39)62(42)71-54)55-35-43-17-10-15-40-13-5-7-19-47(40)63(43)73(55)66(69)70/h4-7,12-13,18-29,33-37H,2-3,8-11,14-17,30-32H2,1H3/b61-54+. The summed E-state index contributed by atoms with van der Waals surface area (Å²) < 4.78 is 52.9. The number of benzene rings is 7. The lowest BCUT2D eigenvalue weighted by Gasteiger charge is -2.19. The third-order valence-electron chi connectivity index (χ3n) is 15.8. The molecule has 3 aromatic heterocycles. The van der Waals surface area contributed by atoms with Crippen LogP contribution in [0.3, 0.4) is 0 Å². The number of pyridine rings is 1. The van der Waals surface area contributed by atoms with Gasteiger partial charge in [0.05, 0.1) is 34.7 Å². The highest BCUT2D eigenvalue weighted by atomic mass is 35.5. The van der Waals surface area contributed by atoms with Gasteiger partial charge in [0.15, 0.2) is 0 Å². The maximum absolute atomic E-state index is 15.9. The minimum Gasteiger partial charge on any atom is -0.494 e. The molecule has 0 bridgehead atoms. The van der Waals surface area contributed by atoms with Gasteiger partial charge in [-0.3, -0.25) is 22.8 Å². The highest BCUT2D eigenvalue weighted by Crippen LogP contribution is 2.47. The molecule has 13 heteroatoms. The summed E-state index contributed by atoms with van der Waals surface area (Å²) in [5.41, 5.74) is 11.2. The average molecular weight is 1070 g/mol. The quantitative estimate of drug-likeness (QED) is 0.0468. The average Bonchev–Trinajstić information content (AvgIpc) is 3.98. The van der Waals surface area contributed by atoms with Crippen LogP contribution in [0.1, 0.15) is 85.4 Å². The first-order valence-electron chi connectivity index (χ1n) is 27.0. The number of unbranched alkanes of at least 4 members (excludes halogenated alkanes) is 2. The molecule has 3 aliphatic rings. The molecule has 1 aliphatic heterocycles. The van der Waals surface area contributed by atoms with Crippen LogP contribution in [0.2, 0.25) is 10.0 Å². The minimum atomic E-state index is -2.89. The Morgan fingerprint density at radius 3 is 2.04 bits per heavy atom. The number of hydrogen-bond acceptors (Lipinski definition) is 6. The SMILES string of the molecule is CCCCCOc1ccc(-c2ccc3oc4ccc5c(=O)n(CCCOc6cc(Cl)c(/C(=C7\C=C8CCCc9ccccc9C8=N7)c7cc8c(n7B(F)F)-c7ccccc7CCC8)c(Cl)c6)c(=O)c6ccc(c3c2)c4c56)cc1. The van der Waals surface area contributed by atoms with Crippen LogP contribution in [0, 0.1) is 0 Å². The van der Waals surface area contributed by atoms with Gasteiger partial charge in [0.2, 0.25) is 0 Å². The highest BCUT2D eigenvalue weighted by molar-refractivity contribution is 6.43. The van der Waals surface area contributed by atoms with Gasteiger partial charge >= 0.3 is 7.40 Å². The number of aliphatic imine (C=N–C) groups is 1. The van der Waals surface area contributed by atoms with Gasteiger partial charge in [0.25, 0.3) is 11.1 Å². The second-order valence-electron chi connectivity index (χ2n) is 20.6. The van der Waals surface area contributed by atoms with Crippen molar-refractivity contribution in [2.75, 3.05) is 13.2 Å². The number of aryl methyl sites for hydroxylation is 3. The second-order valence-corrected chi connectivity index (χ2v) is 21.4. The molecule has 388 valence electrons. The van der Waals surface area contributed by atoms with E-state index in [0.29, 0.717) is 75.1 Å². The Morgan fingerprint density at radius 2 is 1.28 bits per heavy atom. The number of nitrogens with zero attached hydrogens (tertiary/aromatic N) is 3. The lowest BCUT2D eigenvalue weighted by atomic mass is 9.95. The molecule has 0 spiro atoms. The zero-order valence-corrected chi connectivity index (χ0v) is 44.5. The van der Waals surface area contributed by atoms with Crippen molar-refractivity contribution in [3.8, 4) is 33.9 Å². The van der Waals surface area contributed by atoms with Crippen molar-refractivity contribution in [3.05, 3.63) is 215 Å². The minimum absolute atomic E-state index is 0.0830. The van der Waals surface area contributed by atoms with Crippen molar-refractivity contribution < 1.29 is 22.5 Å². The van der Waals surface area contributed by atoms with Crippen molar-refractivity contribution >= 4 is 85.4 Å². The number of aromatic nitrogens is 2. The van der Waals surface area contributed by atoms with Crippen LogP contribution in [-0.4, -0.2) is 35.4 Å². The van der Waals surface area contributed by atoms with E-state index in [1.807, 2.05) is 78.9 Å². The molecule has 0 saturated heterocycles. The van der Waals surface area contributed by atoms with Crippen LogP contribution in [0.15, 0.2) is 170 Å². The number of hydrogen-bond donors (Lipinski definition) is 0. The number of ether oxygens (including phenoxy) is 2. The zero-order chi connectivity index (χ0) is 53.2. The number of halogens is 4. The monoisotopic (exact) mass is 1070 g/mol. The van der Waals surface area contributed by atoms with E-state index in [1.54, 1.807) is 30.3 Å². The van der Waals surface area contributed by atoms with Crippen molar-refractivity contribution in [1.29, 1.82) is 0 Å². The first kappa shape index (κ1) is 49.8. The molecule has 0 fully saturated rings. The van der Waals surface area contributed by atoms with E-state index >= 15 is 8.63 Å². The van der Waals surface area contributed by atoms with Gasteiger partial charge in [-0.1, -0.05) is 116 Å². The Kier molecular flexibility index (Phi) is 13.1. The molecular formula is C65H52BCl2F2N3O5. The molecule has 0 saturated carbocycles. The normalized spacial score (nSPS) is 14.7. The van der Waals surface area contributed by atoms with Crippen molar-refractivity contribution in [2.24, 2.45) is 4.99 Å². The summed E-state index contributed by atoms with van der Waals surface area (Å²) in [6, 6.07) is 42.6. The van der Waals surface area contributed by atoms with Crippen LogP contribution < -0.4 is 20.6 Å². The third-order valence-corrected chi connectivity index (χ3v) is 16.4. The Labute approximate surface area is 459 Å². The summed E-state index contributed by atoms with van der Waals surface area (Å²) in [5.74, 6) is 1.18. The molecular weight excluding hydrogens is 1020 g/mol. The van der Waals surface area contributed by atoms with Crippen LogP contribution in [0.5, 0.6) is 11.5 Å². The van der Waals surface area contributed by atoms with E-state index in [9.17, 15) is 9.59 Å². The van der Waals surface area contributed by atoms with Crippen molar-refractivity contribution in [3.63, 3.8) is 0 Å². The summed E-state index contributed by atoms with van der Waals surface area (Å²) in [5, 5.41) is 4.29. The Balaban J connectivity index is 0.807. The number of rotatable bonds is 14. The Bertz CT molecular complexity index is 4210. The van der Waals surface area contributed by atoms with Gasteiger partial charge in [-0.2, -0.15) is 0 Å². The van der Waals surface area contributed by atoms with E-state index in [0.717, 1.165) is 122 Å². The van der Waals surface area contributed by atoms with Gasteiger partial charge in [0, 0.05) is 67.1 Å². The molecule has 7 aromatic carbocycles. The maximum atomic E-state index is 15.9. The zero-order valence-electron chi connectivity index (χ0n) is 42.9. The molecule has 0 N–H and O–H groups in total. The second kappa shape index (κ2) is 20.6. The molecule has 13 rings (SSSR count).